The Bertz CT molecular complexity index is 401. The maximum atomic E-state index is 5.75. The number of pyridine rings is 1. The lowest BCUT2D eigenvalue weighted by molar-refractivity contribution is 0.108. The third-order valence-corrected chi connectivity index (χ3v) is 4.38. The molecule has 3 heteroatoms. The molecule has 0 unspecified atom stereocenters. The highest BCUT2D eigenvalue weighted by Gasteiger charge is 2.28. The minimum atomic E-state index is 0.447. The summed E-state index contributed by atoms with van der Waals surface area (Å²) >= 11 is 0. The summed E-state index contributed by atoms with van der Waals surface area (Å²) < 4.78 is 0. The summed E-state index contributed by atoms with van der Waals surface area (Å²) in [5.41, 5.74) is 8.53. The fraction of sp³-hybridized carbons (Fsp3) is 0.688. The van der Waals surface area contributed by atoms with E-state index in [1.165, 1.54) is 31.5 Å². The number of hydrogen-bond acceptors (Lipinski definition) is 3. The van der Waals surface area contributed by atoms with Crippen LogP contribution in [0.4, 0.5) is 0 Å². The highest BCUT2D eigenvalue weighted by Crippen LogP contribution is 2.34. The SMILES string of the molecule is CC(C)(C)C1CCN(Cc2cccnc2CN)CC1. The molecule has 0 amide bonds. The highest BCUT2D eigenvalue weighted by molar-refractivity contribution is 5.19. The minimum absolute atomic E-state index is 0.447. The van der Waals surface area contributed by atoms with Gasteiger partial charge in [0, 0.05) is 19.3 Å². The van der Waals surface area contributed by atoms with Gasteiger partial charge in [-0.1, -0.05) is 26.8 Å². The van der Waals surface area contributed by atoms with Gasteiger partial charge in [-0.25, -0.2) is 0 Å². The second-order valence-corrected chi connectivity index (χ2v) is 6.73. The summed E-state index contributed by atoms with van der Waals surface area (Å²) in [6, 6.07) is 4.17. The van der Waals surface area contributed by atoms with E-state index in [0.29, 0.717) is 12.0 Å². The Morgan fingerprint density at radius 1 is 1.32 bits per heavy atom. The van der Waals surface area contributed by atoms with E-state index >= 15 is 0 Å². The van der Waals surface area contributed by atoms with Crippen molar-refractivity contribution in [1.29, 1.82) is 0 Å². The number of hydrogen-bond donors (Lipinski definition) is 1. The van der Waals surface area contributed by atoms with Crippen LogP contribution in [-0.4, -0.2) is 23.0 Å². The number of rotatable bonds is 3. The summed E-state index contributed by atoms with van der Waals surface area (Å²) in [5, 5.41) is 0. The molecule has 106 valence electrons. The molecule has 0 spiro atoms. The first-order valence-corrected chi connectivity index (χ1v) is 7.36. The molecule has 1 aromatic heterocycles. The third kappa shape index (κ3) is 3.77. The molecule has 2 heterocycles. The van der Waals surface area contributed by atoms with Gasteiger partial charge in [-0.2, -0.15) is 0 Å². The van der Waals surface area contributed by atoms with Gasteiger partial charge in [0.15, 0.2) is 0 Å². The molecule has 1 saturated heterocycles. The Balaban J connectivity index is 1.92. The number of likely N-dealkylation sites (tertiary alicyclic amines) is 1. The van der Waals surface area contributed by atoms with E-state index in [1.807, 2.05) is 12.3 Å². The lowest BCUT2D eigenvalue weighted by Gasteiger charge is -2.38. The van der Waals surface area contributed by atoms with Crippen LogP contribution in [-0.2, 0) is 13.1 Å². The number of aromatic nitrogens is 1. The summed E-state index contributed by atoms with van der Waals surface area (Å²) in [6.45, 7) is 11.0. The molecule has 0 aromatic carbocycles. The molecule has 0 bridgehead atoms. The van der Waals surface area contributed by atoms with Gasteiger partial charge in [-0.15, -0.1) is 0 Å². The molecule has 19 heavy (non-hydrogen) atoms. The van der Waals surface area contributed by atoms with Gasteiger partial charge in [-0.05, 0) is 48.9 Å². The summed E-state index contributed by atoms with van der Waals surface area (Å²) in [7, 11) is 0. The van der Waals surface area contributed by atoms with E-state index in [4.69, 9.17) is 5.73 Å². The van der Waals surface area contributed by atoms with Crippen molar-refractivity contribution in [2.75, 3.05) is 13.1 Å². The topological polar surface area (TPSA) is 42.2 Å². The quantitative estimate of drug-likeness (QED) is 0.909. The molecule has 0 saturated carbocycles. The maximum Gasteiger partial charge on any atom is 0.0584 e. The lowest BCUT2D eigenvalue weighted by Crippen LogP contribution is -2.37. The van der Waals surface area contributed by atoms with Crippen LogP contribution in [0.5, 0.6) is 0 Å². The van der Waals surface area contributed by atoms with Crippen molar-refractivity contribution >= 4 is 0 Å². The molecule has 0 atom stereocenters. The number of nitrogens with zero attached hydrogens (tertiary/aromatic N) is 2. The summed E-state index contributed by atoms with van der Waals surface area (Å²) in [4.78, 5) is 6.91. The third-order valence-electron chi connectivity index (χ3n) is 4.38. The van der Waals surface area contributed by atoms with E-state index in [9.17, 15) is 0 Å². The van der Waals surface area contributed by atoms with Crippen LogP contribution < -0.4 is 5.73 Å². The minimum Gasteiger partial charge on any atom is -0.325 e. The molecule has 0 aliphatic carbocycles. The molecule has 2 N–H and O–H groups in total. The standard InChI is InChI=1S/C16H27N3/c1-16(2,3)14-6-9-19(10-7-14)12-13-5-4-8-18-15(13)11-17/h4-5,8,14H,6-7,9-12,17H2,1-3H3. The van der Waals surface area contributed by atoms with E-state index in [2.05, 4.69) is 36.7 Å². The zero-order valence-electron chi connectivity index (χ0n) is 12.5. The van der Waals surface area contributed by atoms with Crippen LogP contribution in [0, 0.1) is 11.3 Å². The summed E-state index contributed by atoms with van der Waals surface area (Å²) in [6.07, 6.45) is 4.45. The molecule has 2 rings (SSSR count). The Hall–Kier alpha value is -0.930. The van der Waals surface area contributed by atoms with Crippen LogP contribution in [0.1, 0.15) is 44.9 Å². The normalized spacial score (nSPS) is 18.7. The Kier molecular flexibility index (Phi) is 4.58. The fourth-order valence-corrected chi connectivity index (χ4v) is 3.00. The molecule has 1 aliphatic heterocycles. The first-order chi connectivity index (χ1) is 9.00. The summed E-state index contributed by atoms with van der Waals surface area (Å²) in [5.74, 6) is 0.853. The molecule has 1 aliphatic rings. The van der Waals surface area contributed by atoms with Crippen molar-refractivity contribution in [2.24, 2.45) is 17.1 Å². The van der Waals surface area contributed by atoms with E-state index in [0.717, 1.165) is 18.2 Å². The molecule has 3 nitrogen and oxygen atoms in total. The van der Waals surface area contributed by atoms with Gasteiger partial charge in [0.25, 0.3) is 0 Å². The van der Waals surface area contributed by atoms with Crippen molar-refractivity contribution in [1.82, 2.24) is 9.88 Å². The van der Waals surface area contributed by atoms with Crippen molar-refractivity contribution in [3.8, 4) is 0 Å². The van der Waals surface area contributed by atoms with Gasteiger partial charge < -0.3 is 5.73 Å². The Morgan fingerprint density at radius 3 is 2.58 bits per heavy atom. The molecule has 0 radical (unpaired) electrons. The largest absolute Gasteiger partial charge is 0.325 e. The molecular formula is C16H27N3. The second kappa shape index (κ2) is 6.02. The maximum absolute atomic E-state index is 5.75. The smallest absolute Gasteiger partial charge is 0.0584 e. The zero-order chi connectivity index (χ0) is 13.9. The average Bonchev–Trinajstić information content (AvgIpc) is 2.39. The van der Waals surface area contributed by atoms with Crippen LogP contribution >= 0.6 is 0 Å². The molecule has 1 fully saturated rings. The van der Waals surface area contributed by atoms with Crippen LogP contribution in [0.3, 0.4) is 0 Å². The van der Waals surface area contributed by atoms with Crippen LogP contribution in [0.25, 0.3) is 0 Å². The van der Waals surface area contributed by atoms with E-state index < -0.39 is 0 Å². The van der Waals surface area contributed by atoms with Crippen LogP contribution in [0.15, 0.2) is 18.3 Å². The van der Waals surface area contributed by atoms with Crippen molar-refractivity contribution < 1.29 is 0 Å². The molecule has 1 aromatic rings. The van der Waals surface area contributed by atoms with Crippen LogP contribution in [0.2, 0.25) is 0 Å². The van der Waals surface area contributed by atoms with Gasteiger partial charge in [0.2, 0.25) is 0 Å². The second-order valence-electron chi connectivity index (χ2n) is 6.73. The van der Waals surface area contributed by atoms with Gasteiger partial charge in [0.05, 0.1) is 5.69 Å². The Labute approximate surface area is 117 Å². The number of piperidine rings is 1. The zero-order valence-corrected chi connectivity index (χ0v) is 12.5. The predicted octanol–water partition coefficient (Wildman–Crippen LogP) is 2.80. The monoisotopic (exact) mass is 261 g/mol. The van der Waals surface area contributed by atoms with Crippen molar-refractivity contribution in [3.63, 3.8) is 0 Å². The fourth-order valence-electron chi connectivity index (χ4n) is 3.00. The van der Waals surface area contributed by atoms with Gasteiger partial charge >= 0.3 is 0 Å². The van der Waals surface area contributed by atoms with E-state index in [1.54, 1.807) is 0 Å². The predicted molar refractivity (Wildman–Crippen MR) is 79.6 cm³/mol. The van der Waals surface area contributed by atoms with Crippen molar-refractivity contribution in [2.45, 2.75) is 46.7 Å². The highest BCUT2D eigenvalue weighted by atomic mass is 15.1. The number of nitrogens with two attached hydrogens (primary N) is 1. The van der Waals surface area contributed by atoms with Crippen molar-refractivity contribution in [3.05, 3.63) is 29.6 Å². The van der Waals surface area contributed by atoms with E-state index in [-0.39, 0.29) is 0 Å². The van der Waals surface area contributed by atoms with Gasteiger partial charge in [0.1, 0.15) is 0 Å². The Morgan fingerprint density at radius 2 is 2.00 bits per heavy atom. The average molecular weight is 261 g/mol. The van der Waals surface area contributed by atoms with Gasteiger partial charge in [-0.3, -0.25) is 9.88 Å². The first-order valence-electron chi connectivity index (χ1n) is 7.36. The molecular weight excluding hydrogens is 234 g/mol. The first kappa shape index (κ1) is 14.5. The lowest BCUT2D eigenvalue weighted by atomic mass is 9.75.